The summed E-state index contributed by atoms with van der Waals surface area (Å²) in [4.78, 5) is 16.3. The van der Waals surface area contributed by atoms with E-state index in [0.29, 0.717) is 36.9 Å². The van der Waals surface area contributed by atoms with Gasteiger partial charge in [-0.25, -0.2) is 4.98 Å². The van der Waals surface area contributed by atoms with E-state index < -0.39 is 0 Å². The third kappa shape index (κ3) is 5.82. The number of halogens is 1. The lowest BCUT2D eigenvalue weighted by Gasteiger charge is -2.07. The van der Waals surface area contributed by atoms with Gasteiger partial charge in [-0.05, 0) is 24.6 Å². The molecule has 23 heavy (non-hydrogen) atoms. The maximum absolute atomic E-state index is 12.0. The zero-order valence-corrected chi connectivity index (χ0v) is 14.5. The monoisotopic (exact) mass is 353 g/mol. The number of benzene rings is 1. The SMILES string of the molecule is Cc1nc(CCNC(=O)Cc2cccc(OCCN)c2)sc1Cl. The van der Waals surface area contributed by atoms with Crippen molar-refractivity contribution in [1.82, 2.24) is 10.3 Å². The molecule has 2 rings (SSSR count). The van der Waals surface area contributed by atoms with Gasteiger partial charge in [0.15, 0.2) is 0 Å². The number of aromatic nitrogens is 1. The highest BCUT2D eigenvalue weighted by Gasteiger charge is 2.07. The summed E-state index contributed by atoms with van der Waals surface area (Å²) in [6, 6.07) is 7.48. The van der Waals surface area contributed by atoms with Crippen LogP contribution in [0.5, 0.6) is 5.75 Å². The molecule has 2 aromatic rings. The van der Waals surface area contributed by atoms with Gasteiger partial charge in [0, 0.05) is 19.5 Å². The molecule has 7 heteroatoms. The highest BCUT2D eigenvalue weighted by molar-refractivity contribution is 7.16. The van der Waals surface area contributed by atoms with Gasteiger partial charge in [0.2, 0.25) is 5.91 Å². The van der Waals surface area contributed by atoms with Crippen molar-refractivity contribution in [3.63, 3.8) is 0 Å². The normalized spacial score (nSPS) is 10.6. The minimum Gasteiger partial charge on any atom is -0.492 e. The van der Waals surface area contributed by atoms with E-state index in [0.717, 1.165) is 22.0 Å². The highest BCUT2D eigenvalue weighted by atomic mass is 35.5. The summed E-state index contributed by atoms with van der Waals surface area (Å²) in [5.41, 5.74) is 7.15. The third-order valence-electron chi connectivity index (χ3n) is 3.10. The van der Waals surface area contributed by atoms with Gasteiger partial charge in [-0.15, -0.1) is 11.3 Å². The summed E-state index contributed by atoms with van der Waals surface area (Å²) >= 11 is 7.43. The van der Waals surface area contributed by atoms with Gasteiger partial charge < -0.3 is 15.8 Å². The fourth-order valence-corrected chi connectivity index (χ4v) is 3.11. The van der Waals surface area contributed by atoms with Crippen molar-refractivity contribution in [1.29, 1.82) is 0 Å². The molecule has 5 nitrogen and oxygen atoms in total. The van der Waals surface area contributed by atoms with Crippen LogP contribution in [0.15, 0.2) is 24.3 Å². The molecule has 0 bridgehead atoms. The Balaban J connectivity index is 1.78. The maximum Gasteiger partial charge on any atom is 0.224 e. The number of nitrogens with zero attached hydrogens (tertiary/aromatic N) is 1. The van der Waals surface area contributed by atoms with E-state index in [-0.39, 0.29) is 5.91 Å². The van der Waals surface area contributed by atoms with Crippen LogP contribution in [0.2, 0.25) is 4.34 Å². The number of rotatable bonds is 8. The van der Waals surface area contributed by atoms with E-state index in [2.05, 4.69) is 10.3 Å². The van der Waals surface area contributed by atoms with Crippen molar-refractivity contribution in [2.45, 2.75) is 19.8 Å². The van der Waals surface area contributed by atoms with Crippen molar-refractivity contribution in [2.24, 2.45) is 5.73 Å². The van der Waals surface area contributed by atoms with Crippen LogP contribution >= 0.6 is 22.9 Å². The molecule has 0 radical (unpaired) electrons. The number of aryl methyl sites for hydroxylation is 1. The Kier molecular flexibility index (Phi) is 6.83. The van der Waals surface area contributed by atoms with Gasteiger partial charge in [-0.1, -0.05) is 23.7 Å². The van der Waals surface area contributed by atoms with Crippen molar-refractivity contribution < 1.29 is 9.53 Å². The molecule has 0 spiro atoms. The molecule has 0 atom stereocenters. The number of amides is 1. The first-order chi connectivity index (χ1) is 11.1. The van der Waals surface area contributed by atoms with Crippen LogP contribution in [0.3, 0.4) is 0 Å². The second kappa shape index (κ2) is 8.86. The van der Waals surface area contributed by atoms with Gasteiger partial charge in [-0.3, -0.25) is 4.79 Å². The second-order valence-electron chi connectivity index (χ2n) is 5.03. The van der Waals surface area contributed by atoms with Crippen LogP contribution in [0.1, 0.15) is 16.3 Å². The number of carbonyl (C=O) groups excluding carboxylic acids is 1. The molecular weight excluding hydrogens is 334 g/mol. The molecule has 0 aliphatic carbocycles. The van der Waals surface area contributed by atoms with Gasteiger partial charge in [0.25, 0.3) is 0 Å². The zero-order chi connectivity index (χ0) is 16.7. The Labute approximate surface area is 144 Å². The number of carbonyl (C=O) groups is 1. The number of nitrogens with one attached hydrogen (secondary N) is 1. The fourth-order valence-electron chi connectivity index (χ4n) is 2.02. The first kappa shape index (κ1) is 17.7. The molecule has 124 valence electrons. The number of ether oxygens (including phenoxy) is 1. The number of nitrogens with two attached hydrogens (primary N) is 1. The first-order valence-electron chi connectivity index (χ1n) is 7.39. The van der Waals surface area contributed by atoms with E-state index in [1.54, 1.807) is 0 Å². The predicted molar refractivity (Wildman–Crippen MR) is 93.3 cm³/mol. The Bertz CT molecular complexity index is 641. The van der Waals surface area contributed by atoms with Gasteiger partial charge in [0.05, 0.1) is 17.1 Å². The van der Waals surface area contributed by atoms with Gasteiger partial charge >= 0.3 is 0 Å². The fraction of sp³-hybridized carbons (Fsp3) is 0.375. The number of hydrogen-bond donors (Lipinski definition) is 2. The van der Waals surface area contributed by atoms with Crippen LogP contribution < -0.4 is 15.8 Å². The summed E-state index contributed by atoms with van der Waals surface area (Å²) in [6.07, 6.45) is 1.00. The summed E-state index contributed by atoms with van der Waals surface area (Å²) in [5.74, 6) is 0.703. The Morgan fingerprint density at radius 2 is 2.30 bits per heavy atom. The molecule has 1 aromatic carbocycles. The molecule has 1 aromatic heterocycles. The number of hydrogen-bond acceptors (Lipinski definition) is 5. The minimum atomic E-state index is -0.0275. The average Bonchev–Trinajstić information content (AvgIpc) is 2.84. The van der Waals surface area contributed by atoms with Crippen LogP contribution in [0.4, 0.5) is 0 Å². The molecule has 0 fully saturated rings. The first-order valence-corrected chi connectivity index (χ1v) is 8.58. The lowest BCUT2D eigenvalue weighted by molar-refractivity contribution is -0.120. The van der Waals surface area contributed by atoms with Crippen molar-refractivity contribution >= 4 is 28.8 Å². The summed E-state index contributed by atoms with van der Waals surface area (Å²) in [6.45, 7) is 3.35. The molecule has 1 heterocycles. The quantitative estimate of drug-likeness (QED) is 0.763. The van der Waals surface area contributed by atoms with Crippen molar-refractivity contribution in [3.8, 4) is 5.75 Å². The largest absolute Gasteiger partial charge is 0.492 e. The summed E-state index contributed by atoms with van der Waals surface area (Å²) in [5, 5.41) is 3.83. The lowest BCUT2D eigenvalue weighted by atomic mass is 10.1. The number of thiazole rings is 1. The molecular formula is C16H20ClN3O2S. The van der Waals surface area contributed by atoms with E-state index in [1.165, 1.54) is 11.3 Å². The zero-order valence-electron chi connectivity index (χ0n) is 13.0. The van der Waals surface area contributed by atoms with Crippen LogP contribution in [-0.4, -0.2) is 30.6 Å². The highest BCUT2D eigenvalue weighted by Crippen LogP contribution is 2.23. The lowest BCUT2D eigenvalue weighted by Crippen LogP contribution is -2.27. The van der Waals surface area contributed by atoms with Crippen molar-refractivity contribution in [2.75, 3.05) is 19.7 Å². The molecule has 1 amide bonds. The van der Waals surface area contributed by atoms with Crippen LogP contribution in [0.25, 0.3) is 0 Å². The minimum absolute atomic E-state index is 0.0275. The van der Waals surface area contributed by atoms with Crippen LogP contribution in [-0.2, 0) is 17.6 Å². The molecule has 0 aliphatic rings. The van der Waals surface area contributed by atoms with E-state index >= 15 is 0 Å². The van der Waals surface area contributed by atoms with Gasteiger partial charge in [0.1, 0.15) is 16.7 Å². The average molecular weight is 354 g/mol. The van der Waals surface area contributed by atoms with Crippen molar-refractivity contribution in [3.05, 3.63) is 44.9 Å². The molecule has 0 saturated carbocycles. The Morgan fingerprint density at radius 1 is 1.48 bits per heavy atom. The van der Waals surface area contributed by atoms with E-state index in [1.807, 2.05) is 31.2 Å². The van der Waals surface area contributed by atoms with E-state index in [9.17, 15) is 4.79 Å². The Morgan fingerprint density at radius 3 is 3.00 bits per heavy atom. The third-order valence-corrected chi connectivity index (χ3v) is 4.61. The standard InChI is InChI=1S/C16H20ClN3O2S/c1-11-16(17)23-15(20-11)5-7-19-14(21)10-12-3-2-4-13(9-12)22-8-6-18/h2-4,9H,5-8,10,18H2,1H3,(H,19,21). The second-order valence-corrected chi connectivity index (χ2v) is 6.71. The Hall–Kier alpha value is -1.63. The molecule has 3 N–H and O–H groups in total. The van der Waals surface area contributed by atoms with Gasteiger partial charge in [-0.2, -0.15) is 0 Å². The predicted octanol–water partition coefficient (Wildman–Crippen LogP) is 2.34. The molecule has 0 aliphatic heterocycles. The maximum atomic E-state index is 12.0. The van der Waals surface area contributed by atoms with E-state index in [4.69, 9.17) is 22.1 Å². The summed E-state index contributed by atoms with van der Waals surface area (Å²) < 4.78 is 6.16. The molecule has 0 unspecified atom stereocenters. The smallest absolute Gasteiger partial charge is 0.224 e. The molecule has 0 saturated heterocycles. The topological polar surface area (TPSA) is 77.2 Å². The summed E-state index contributed by atoms with van der Waals surface area (Å²) in [7, 11) is 0. The van der Waals surface area contributed by atoms with Crippen LogP contribution in [0, 0.1) is 6.92 Å².